The van der Waals surface area contributed by atoms with Crippen LogP contribution in [0.1, 0.15) is 44.9 Å². The van der Waals surface area contributed by atoms with Crippen LogP contribution in [-0.2, 0) is 9.53 Å². The lowest BCUT2D eigenvalue weighted by atomic mass is 9.98. The number of methoxy groups -OCH3 is 1. The number of carbonyl (C=O) groups excluding carboxylic acids is 1. The number of rotatable bonds is 6. The quantitative estimate of drug-likeness (QED) is 0.593. The Balaban J connectivity index is 2.03. The van der Waals surface area contributed by atoms with E-state index in [-0.39, 0.29) is 0 Å². The molecule has 0 amide bonds. The third-order valence-electron chi connectivity index (χ3n) is 2.83. The van der Waals surface area contributed by atoms with Crippen molar-refractivity contribution in [3.8, 4) is 0 Å². The summed E-state index contributed by atoms with van der Waals surface area (Å²) in [5.74, 6) is 0.899. The molecular weight excluding hydrogens is 164 g/mol. The van der Waals surface area contributed by atoms with Crippen LogP contribution in [0, 0.1) is 5.92 Å². The van der Waals surface area contributed by atoms with Gasteiger partial charge in [0.15, 0.2) is 0 Å². The molecule has 0 bridgehead atoms. The average Bonchev–Trinajstić information content (AvgIpc) is 2.65. The normalized spacial score (nSPS) is 17.9. The van der Waals surface area contributed by atoms with E-state index in [9.17, 15) is 4.79 Å². The minimum atomic E-state index is 0.405. The smallest absolute Gasteiger partial charge is 0.135 e. The largest absolute Gasteiger partial charge is 0.385 e. The second kappa shape index (κ2) is 6.14. The van der Waals surface area contributed by atoms with E-state index in [1.165, 1.54) is 12.8 Å². The fraction of sp³-hybridized carbons (Fsp3) is 0.909. The highest BCUT2D eigenvalue weighted by Gasteiger charge is 2.21. The maximum absolute atomic E-state index is 11.6. The van der Waals surface area contributed by atoms with E-state index in [2.05, 4.69) is 0 Å². The van der Waals surface area contributed by atoms with Crippen molar-refractivity contribution in [1.82, 2.24) is 0 Å². The molecule has 0 aromatic rings. The van der Waals surface area contributed by atoms with Crippen molar-refractivity contribution in [1.29, 1.82) is 0 Å². The van der Waals surface area contributed by atoms with Gasteiger partial charge in [-0.3, -0.25) is 4.79 Å². The van der Waals surface area contributed by atoms with Crippen molar-refractivity contribution in [3.63, 3.8) is 0 Å². The third kappa shape index (κ3) is 3.90. The summed E-state index contributed by atoms with van der Waals surface area (Å²) < 4.78 is 4.94. The van der Waals surface area contributed by atoms with Crippen LogP contribution in [0.3, 0.4) is 0 Å². The van der Waals surface area contributed by atoms with Gasteiger partial charge in [-0.15, -0.1) is 0 Å². The van der Waals surface area contributed by atoms with Crippen LogP contribution in [0.5, 0.6) is 0 Å². The van der Waals surface area contributed by atoms with Crippen molar-refractivity contribution < 1.29 is 9.53 Å². The molecule has 1 saturated carbocycles. The van der Waals surface area contributed by atoms with E-state index < -0.39 is 0 Å². The van der Waals surface area contributed by atoms with E-state index in [0.29, 0.717) is 11.7 Å². The molecule has 0 radical (unpaired) electrons. The van der Waals surface area contributed by atoms with Crippen LogP contribution in [-0.4, -0.2) is 19.5 Å². The Bertz CT molecular complexity index is 148. The molecule has 0 atom stereocenters. The summed E-state index contributed by atoms with van der Waals surface area (Å²) in [4.78, 5) is 11.6. The molecule has 2 heteroatoms. The van der Waals surface area contributed by atoms with E-state index in [1.807, 2.05) is 0 Å². The number of hydrogen-bond donors (Lipinski definition) is 0. The molecule has 0 aromatic carbocycles. The maximum Gasteiger partial charge on any atom is 0.135 e. The van der Waals surface area contributed by atoms with Gasteiger partial charge in [0.1, 0.15) is 5.78 Å². The Morgan fingerprint density at radius 2 is 2.00 bits per heavy atom. The molecule has 0 aromatic heterocycles. The lowest BCUT2D eigenvalue weighted by Gasteiger charge is -2.06. The predicted octanol–water partition coefficient (Wildman–Crippen LogP) is 2.56. The molecule has 0 saturated heterocycles. The van der Waals surface area contributed by atoms with Crippen LogP contribution >= 0.6 is 0 Å². The zero-order valence-corrected chi connectivity index (χ0v) is 8.55. The summed E-state index contributed by atoms with van der Waals surface area (Å²) >= 11 is 0. The molecule has 13 heavy (non-hydrogen) atoms. The summed E-state index contributed by atoms with van der Waals surface area (Å²) in [6.45, 7) is 0.790. The number of ketones is 1. The maximum atomic E-state index is 11.6. The van der Waals surface area contributed by atoms with Gasteiger partial charge in [0.2, 0.25) is 0 Å². The van der Waals surface area contributed by atoms with Gasteiger partial charge in [-0.05, 0) is 25.7 Å². The number of hydrogen-bond acceptors (Lipinski definition) is 2. The van der Waals surface area contributed by atoms with Gasteiger partial charge < -0.3 is 4.74 Å². The summed E-state index contributed by atoms with van der Waals surface area (Å²) in [5.41, 5.74) is 0. The first-order valence-corrected chi connectivity index (χ1v) is 5.36. The lowest BCUT2D eigenvalue weighted by Crippen LogP contribution is -2.10. The number of ether oxygens (including phenoxy) is 1. The fourth-order valence-electron chi connectivity index (χ4n) is 2.00. The molecule has 2 nitrogen and oxygen atoms in total. The van der Waals surface area contributed by atoms with E-state index in [0.717, 1.165) is 38.7 Å². The zero-order valence-electron chi connectivity index (χ0n) is 8.55. The van der Waals surface area contributed by atoms with Gasteiger partial charge in [0.25, 0.3) is 0 Å². The second-order valence-electron chi connectivity index (χ2n) is 3.90. The van der Waals surface area contributed by atoms with Crippen molar-refractivity contribution in [2.75, 3.05) is 13.7 Å². The van der Waals surface area contributed by atoms with Crippen molar-refractivity contribution in [2.24, 2.45) is 5.92 Å². The Morgan fingerprint density at radius 1 is 1.31 bits per heavy atom. The first kappa shape index (κ1) is 10.7. The van der Waals surface area contributed by atoms with Crippen molar-refractivity contribution in [2.45, 2.75) is 44.9 Å². The van der Waals surface area contributed by atoms with Crippen LogP contribution in [0.15, 0.2) is 0 Å². The number of Topliss-reactive ketones (excluding diaryl/α,β-unsaturated/α-hetero) is 1. The summed E-state index contributed by atoms with van der Waals surface area (Å²) in [6.07, 6.45) is 7.60. The standard InChI is InChI=1S/C11H20O2/c1-13-9-5-4-8-11(12)10-6-2-3-7-10/h10H,2-9H2,1H3. The van der Waals surface area contributed by atoms with Gasteiger partial charge in [0.05, 0.1) is 0 Å². The molecule has 76 valence electrons. The molecule has 1 aliphatic rings. The topological polar surface area (TPSA) is 26.3 Å². The molecule has 0 aliphatic heterocycles. The van der Waals surface area contributed by atoms with Gasteiger partial charge in [0, 0.05) is 26.1 Å². The fourth-order valence-corrected chi connectivity index (χ4v) is 2.00. The Kier molecular flexibility index (Phi) is 5.06. The Morgan fingerprint density at radius 3 is 2.62 bits per heavy atom. The van der Waals surface area contributed by atoms with E-state index in [1.54, 1.807) is 7.11 Å². The molecule has 1 aliphatic carbocycles. The Labute approximate surface area is 80.7 Å². The number of carbonyl (C=O) groups is 1. The van der Waals surface area contributed by atoms with Gasteiger partial charge >= 0.3 is 0 Å². The first-order valence-electron chi connectivity index (χ1n) is 5.36. The molecule has 0 unspecified atom stereocenters. The van der Waals surface area contributed by atoms with Crippen LogP contribution < -0.4 is 0 Å². The molecule has 0 N–H and O–H groups in total. The molecule has 1 rings (SSSR count). The Hall–Kier alpha value is -0.370. The third-order valence-corrected chi connectivity index (χ3v) is 2.83. The number of unbranched alkanes of at least 4 members (excludes halogenated alkanes) is 1. The summed E-state index contributed by atoms with van der Waals surface area (Å²) in [6, 6.07) is 0. The highest BCUT2D eigenvalue weighted by molar-refractivity contribution is 5.81. The van der Waals surface area contributed by atoms with E-state index >= 15 is 0 Å². The highest BCUT2D eigenvalue weighted by Crippen LogP contribution is 2.26. The molecule has 0 spiro atoms. The summed E-state index contributed by atoms with van der Waals surface area (Å²) in [7, 11) is 1.71. The van der Waals surface area contributed by atoms with Gasteiger partial charge in [-0.2, -0.15) is 0 Å². The first-order chi connectivity index (χ1) is 6.34. The van der Waals surface area contributed by atoms with Crippen LogP contribution in [0.4, 0.5) is 0 Å². The van der Waals surface area contributed by atoms with Crippen molar-refractivity contribution >= 4 is 5.78 Å². The molecular formula is C11H20O2. The van der Waals surface area contributed by atoms with Gasteiger partial charge in [-0.25, -0.2) is 0 Å². The van der Waals surface area contributed by atoms with Crippen LogP contribution in [0.2, 0.25) is 0 Å². The van der Waals surface area contributed by atoms with E-state index in [4.69, 9.17) is 4.74 Å². The minimum absolute atomic E-state index is 0.405. The second-order valence-corrected chi connectivity index (χ2v) is 3.90. The van der Waals surface area contributed by atoms with Crippen LogP contribution in [0.25, 0.3) is 0 Å². The zero-order chi connectivity index (χ0) is 9.52. The minimum Gasteiger partial charge on any atom is -0.385 e. The van der Waals surface area contributed by atoms with Gasteiger partial charge in [-0.1, -0.05) is 12.8 Å². The highest BCUT2D eigenvalue weighted by atomic mass is 16.5. The predicted molar refractivity (Wildman–Crippen MR) is 52.7 cm³/mol. The molecule has 1 fully saturated rings. The monoisotopic (exact) mass is 184 g/mol. The summed E-state index contributed by atoms with van der Waals surface area (Å²) in [5, 5.41) is 0. The average molecular weight is 184 g/mol. The lowest BCUT2D eigenvalue weighted by molar-refractivity contribution is -0.122. The van der Waals surface area contributed by atoms with Crippen molar-refractivity contribution in [3.05, 3.63) is 0 Å². The molecule has 0 heterocycles. The SMILES string of the molecule is COCCCCC(=O)C1CCCC1.